The van der Waals surface area contributed by atoms with Crippen molar-refractivity contribution < 1.29 is 23.1 Å². The molecule has 42 heavy (non-hydrogen) atoms. The molecule has 2 aromatic carbocycles. The number of β-amino-alcohol motifs (C(OH)–C–C–N with tert-alkyl or cyclic N) is 1. The number of amides is 2. The van der Waals surface area contributed by atoms with Crippen LogP contribution in [0.5, 0.6) is 0 Å². The first-order valence-corrected chi connectivity index (χ1v) is 15.0. The van der Waals surface area contributed by atoms with Gasteiger partial charge in [-0.05, 0) is 42.5 Å². The summed E-state index contributed by atoms with van der Waals surface area (Å²) in [5.41, 5.74) is 1.34. The Bertz CT molecular complexity index is 1370. The molecule has 3 fully saturated rings. The fourth-order valence-corrected chi connectivity index (χ4v) is 6.69. The third-order valence-electron chi connectivity index (χ3n) is 8.97. The number of halogens is 3. The van der Waals surface area contributed by atoms with Crippen LogP contribution < -0.4 is 5.32 Å². The standard InChI is InChI=1S/C32H38F3N5O2/c33-24-11-12-27(34)26(13-24)29-20-38(16-21-7-3-1-4-8-21)31(37-29)30(22-9-5-2-6-10-22)40(17-23-14-36-15-28(23)35)32(42)39-18-25(41)19-39/h1,3-4,7-8,11-13,20,22-23,25,28,30,36,41H,2,5-6,9-10,14-19H2/t23-,28-,30+/m0/s1. The van der Waals surface area contributed by atoms with Gasteiger partial charge in [0.05, 0.1) is 30.9 Å². The fraction of sp³-hybridized carbons (Fsp3) is 0.500. The molecule has 3 aliphatic rings. The van der Waals surface area contributed by atoms with Gasteiger partial charge in [0.2, 0.25) is 0 Å². The lowest BCUT2D eigenvalue weighted by atomic mass is 9.82. The Kier molecular flexibility index (Phi) is 8.53. The van der Waals surface area contributed by atoms with Crippen LogP contribution >= 0.6 is 0 Å². The summed E-state index contributed by atoms with van der Waals surface area (Å²) in [4.78, 5) is 22.4. The molecule has 0 radical (unpaired) electrons. The molecule has 2 amide bonds. The van der Waals surface area contributed by atoms with Gasteiger partial charge < -0.3 is 24.8 Å². The van der Waals surface area contributed by atoms with Gasteiger partial charge >= 0.3 is 6.03 Å². The molecule has 0 bridgehead atoms. The van der Waals surface area contributed by atoms with Crippen molar-refractivity contribution in [1.82, 2.24) is 24.7 Å². The topological polar surface area (TPSA) is 73.6 Å². The van der Waals surface area contributed by atoms with Crippen molar-refractivity contribution in [2.75, 3.05) is 32.7 Å². The van der Waals surface area contributed by atoms with Gasteiger partial charge in [-0.2, -0.15) is 0 Å². The Hall–Kier alpha value is -3.37. The molecule has 2 saturated heterocycles. The maximum atomic E-state index is 15.0. The van der Waals surface area contributed by atoms with Gasteiger partial charge in [0.1, 0.15) is 23.6 Å². The van der Waals surface area contributed by atoms with Gasteiger partial charge in [-0.3, -0.25) is 0 Å². The summed E-state index contributed by atoms with van der Waals surface area (Å²) in [6.45, 7) is 1.78. The zero-order chi connectivity index (χ0) is 29.2. The lowest BCUT2D eigenvalue weighted by Crippen LogP contribution is -2.59. The highest BCUT2D eigenvalue weighted by Gasteiger charge is 2.43. The van der Waals surface area contributed by atoms with Crippen LogP contribution in [0.3, 0.4) is 0 Å². The van der Waals surface area contributed by atoms with E-state index in [0.29, 0.717) is 18.9 Å². The number of aromatic nitrogens is 2. The molecular weight excluding hydrogens is 543 g/mol. The molecule has 1 aliphatic carbocycles. The SMILES string of the molecule is O=C(N1CC(O)C1)N(C[C@@H]1CNC[C@@H]1F)[C@@H](c1nc(-c2cc(F)ccc2F)cn1Cc1ccccc1)C1CCCCC1. The van der Waals surface area contributed by atoms with Crippen LogP contribution in [-0.2, 0) is 6.54 Å². The van der Waals surface area contributed by atoms with E-state index in [1.807, 2.05) is 34.9 Å². The van der Waals surface area contributed by atoms with E-state index in [1.165, 1.54) is 0 Å². The Balaban J connectivity index is 1.47. The lowest BCUT2D eigenvalue weighted by molar-refractivity contribution is 0.00101. The van der Waals surface area contributed by atoms with Gasteiger partial charge in [-0.15, -0.1) is 0 Å². The Morgan fingerprint density at radius 3 is 2.52 bits per heavy atom. The second-order valence-electron chi connectivity index (χ2n) is 12.0. The molecule has 6 rings (SSSR count). The van der Waals surface area contributed by atoms with Crippen molar-refractivity contribution in [3.05, 3.63) is 77.8 Å². The highest BCUT2D eigenvalue weighted by molar-refractivity contribution is 5.76. The number of hydrogen-bond acceptors (Lipinski definition) is 4. The Morgan fingerprint density at radius 1 is 1.07 bits per heavy atom. The van der Waals surface area contributed by atoms with Crippen molar-refractivity contribution in [2.24, 2.45) is 11.8 Å². The van der Waals surface area contributed by atoms with Gasteiger partial charge in [0, 0.05) is 43.9 Å². The predicted octanol–water partition coefficient (Wildman–Crippen LogP) is 5.15. The molecule has 3 aromatic rings. The van der Waals surface area contributed by atoms with E-state index in [4.69, 9.17) is 4.98 Å². The molecular formula is C32H38F3N5O2. The number of nitrogens with zero attached hydrogens (tertiary/aromatic N) is 4. The number of carbonyl (C=O) groups is 1. The average molecular weight is 582 g/mol. The second-order valence-corrected chi connectivity index (χ2v) is 12.0. The van der Waals surface area contributed by atoms with Crippen molar-refractivity contribution in [1.29, 1.82) is 0 Å². The number of carbonyl (C=O) groups excluding carboxylic acids is 1. The summed E-state index contributed by atoms with van der Waals surface area (Å²) in [5.74, 6) is -0.890. The fourth-order valence-electron chi connectivity index (χ4n) is 6.69. The maximum absolute atomic E-state index is 15.0. The Labute approximate surface area is 244 Å². The Morgan fingerprint density at radius 2 is 1.83 bits per heavy atom. The predicted molar refractivity (Wildman–Crippen MR) is 153 cm³/mol. The summed E-state index contributed by atoms with van der Waals surface area (Å²) in [6, 6.07) is 12.4. The number of imidazole rings is 1. The maximum Gasteiger partial charge on any atom is 0.320 e. The van der Waals surface area contributed by atoms with Crippen molar-refractivity contribution in [2.45, 2.75) is 57.0 Å². The van der Waals surface area contributed by atoms with E-state index >= 15 is 8.78 Å². The first kappa shape index (κ1) is 28.7. The molecule has 1 aromatic heterocycles. The first-order valence-electron chi connectivity index (χ1n) is 15.0. The van der Waals surface area contributed by atoms with E-state index < -0.39 is 30.0 Å². The van der Waals surface area contributed by atoms with Crippen LogP contribution in [0.15, 0.2) is 54.7 Å². The van der Waals surface area contributed by atoms with E-state index in [0.717, 1.165) is 55.9 Å². The third kappa shape index (κ3) is 6.06. The molecule has 3 atom stereocenters. The minimum Gasteiger partial charge on any atom is -0.389 e. The number of hydrogen-bond donors (Lipinski definition) is 2. The quantitative estimate of drug-likeness (QED) is 0.386. The van der Waals surface area contributed by atoms with Crippen LogP contribution in [0.25, 0.3) is 11.3 Å². The van der Waals surface area contributed by atoms with Crippen LogP contribution in [0, 0.1) is 23.5 Å². The smallest absolute Gasteiger partial charge is 0.320 e. The summed E-state index contributed by atoms with van der Waals surface area (Å²) in [6.07, 6.45) is 4.94. The summed E-state index contributed by atoms with van der Waals surface area (Å²) < 4.78 is 46.2. The highest BCUT2D eigenvalue weighted by Crippen LogP contribution is 2.41. The molecule has 2 aliphatic heterocycles. The molecule has 7 nitrogen and oxygen atoms in total. The van der Waals surface area contributed by atoms with Gasteiger partial charge in [0.15, 0.2) is 0 Å². The molecule has 1 saturated carbocycles. The van der Waals surface area contributed by atoms with Gasteiger partial charge in [-0.1, -0.05) is 49.6 Å². The van der Waals surface area contributed by atoms with Crippen LogP contribution in [-0.4, -0.2) is 75.5 Å². The highest BCUT2D eigenvalue weighted by atomic mass is 19.1. The second kappa shape index (κ2) is 12.5. The zero-order valence-electron chi connectivity index (χ0n) is 23.6. The minimum atomic E-state index is -1.09. The molecule has 0 spiro atoms. The summed E-state index contributed by atoms with van der Waals surface area (Å²) in [5, 5.41) is 13.1. The number of rotatable bonds is 8. The number of likely N-dealkylation sites (tertiary alicyclic amines) is 1. The number of nitrogens with one attached hydrogen (secondary N) is 1. The summed E-state index contributed by atoms with van der Waals surface area (Å²) in [7, 11) is 0. The average Bonchev–Trinajstić information content (AvgIpc) is 3.58. The van der Waals surface area contributed by atoms with Crippen molar-refractivity contribution in [3.63, 3.8) is 0 Å². The molecule has 10 heteroatoms. The van der Waals surface area contributed by atoms with Crippen LogP contribution in [0.4, 0.5) is 18.0 Å². The lowest BCUT2D eigenvalue weighted by Gasteiger charge is -2.45. The van der Waals surface area contributed by atoms with Crippen molar-refractivity contribution in [3.8, 4) is 11.3 Å². The van der Waals surface area contributed by atoms with Crippen molar-refractivity contribution >= 4 is 6.03 Å². The molecule has 224 valence electrons. The number of alkyl halides is 1. The third-order valence-corrected chi connectivity index (χ3v) is 8.97. The molecule has 0 unspecified atom stereocenters. The normalized spacial score (nSPS) is 22.2. The van der Waals surface area contributed by atoms with Crippen LogP contribution in [0.2, 0.25) is 0 Å². The number of urea groups is 1. The first-order chi connectivity index (χ1) is 20.4. The molecule has 2 N–H and O–H groups in total. The summed E-state index contributed by atoms with van der Waals surface area (Å²) >= 11 is 0. The number of benzene rings is 2. The minimum absolute atomic E-state index is 0.0537. The van der Waals surface area contributed by atoms with E-state index in [2.05, 4.69) is 5.32 Å². The van der Waals surface area contributed by atoms with Gasteiger partial charge in [0.25, 0.3) is 0 Å². The zero-order valence-corrected chi connectivity index (χ0v) is 23.6. The molecule has 3 heterocycles. The van der Waals surface area contributed by atoms with E-state index in [-0.39, 0.29) is 55.3 Å². The number of aliphatic hydroxyl groups excluding tert-OH is 1. The van der Waals surface area contributed by atoms with E-state index in [1.54, 1.807) is 16.0 Å². The van der Waals surface area contributed by atoms with Gasteiger partial charge in [-0.25, -0.2) is 22.9 Å². The largest absolute Gasteiger partial charge is 0.389 e. The monoisotopic (exact) mass is 581 g/mol. The number of aliphatic hydroxyl groups is 1. The van der Waals surface area contributed by atoms with Crippen LogP contribution in [0.1, 0.15) is 49.5 Å². The van der Waals surface area contributed by atoms with E-state index in [9.17, 15) is 14.3 Å².